The summed E-state index contributed by atoms with van der Waals surface area (Å²) in [6.45, 7) is 26.8. The fraction of sp³-hybridized carbons (Fsp3) is 0.169. The number of benzene rings is 9. The van der Waals surface area contributed by atoms with Crippen molar-refractivity contribution < 1.29 is 0 Å². The third-order valence-corrected chi connectivity index (χ3v) is 17.5. The van der Waals surface area contributed by atoms with Crippen LogP contribution in [0.4, 0.5) is 0 Å². The van der Waals surface area contributed by atoms with Crippen LogP contribution in [0.1, 0.15) is 98.5 Å². The van der Waals surface area contributed by atoms with E-state index in [1.165, 1.54) is 139 Å². The van der Waals surface area contributed by atoms with Gasteiger partial charge in [-0.2, -0.15) is 0 Å². The van der Waals surface area contributed by atoms with Gasteiger partial charge in [-0.15, -0.1) is 22.7 Å². The Kier molecular flexibility index (Phi) is 10.3. The van der Waals surface area contributed by atoms with Crippen molar-refractivity contribution in [1.29, 1.82) is 0 Å². The second kappa shape index (κ2) is 16.0. The minimum absolute atomic E-state index is 0.299. The van der Waals surface area contributed by atoms with Gasteiger partial charge in [0.1, 0.15) is 0 Å². The monoisotopic (exact) mass is 900 g/mol. The van der Waals surface area contributed by atoms with Gasteiger partial charge in [0, 0.05) is 46.5 Å². The molecular weight excluding hydrogens is 845 g/mol. The summed E-state index contributed by atoms with van der Waals surface area (Å²) < 4.78 is 2.63. The minimum atomic E-state index is -0.301. The van der Waals surface area contributed by atoms with Gasteiger partial charge in [0.25, 0.3) is 0 Å². The summed E-state index contributed by atoms with van der Waals surface area (Å²) in [5.74, 6) is 0. The van der Waals surface area contributed by atoms with Crippen LogP contribution in [0.2, 0.25) is 0 Å². The zero-order valence-corrected chi connectivity index (χ0v) is 41.6. The fourth-order valence-corrected chi connectivity index (χ4v) is 14.3. The van der Waals surface area contributed by atoms with Crippen LogP contribution in [0.15, 0.2) is 153 Å². The normalized spacial score (nSPS) is 14.0. The van der Waals surface area contributed by atoms with Gasteiger partial charge in [-0.1, -0.05) is 195 Å². The van der Waals surface area contributed by atoms with Crippen LogP contribution in [0.5, 0.6) is 0 Å². The number of hydrogen-bond donors (Lipinski definition) is 0. The Morgan fingerprint density at radius 3 is 1.25 bits per heavy atom. The molecule has 11 aromatic rings. The third-order valence-electron chi connectivity index (χ3n) is 15.0. The van der Waals surface area contributed by atoms with Gasteiger partial charge in [-0.25, -0.2) is 0 Å². The standard InChI is InChI=1S/C63H50S2.C2H6/c1-9-21-41-45-29-20-31-47(61(45)65-57(41)12-4)59-43-27-18-17-26-42(43)58(46-30-19-28-44-36(10-2)56(11-3)64-60(44)46)50-34-54-55(35-51(50)59)63(7,8)53-33-49-40-25-16-14-23-38(40)37-22-13-15-24-39(37)48(49)32-52(53)62(54,5)6;1-2/h9,11-35H,3-4,10H2,1-2,5-8H3;1-2H3/b21-9-;. The van der Waals surface area contributed by atoms with E-state index < -0.39 is 0 Å². The van der Waals surface area contributed by atoms with Gasteiger partial charge < -0.3 is 0 Å². The number of thiophene rings is 2. The van der Waals surface area contributed by atoms with Crippen molar-refractivity contribution in [2.75, 3.05) is 0 Å². The van der Waals surface area contributed by atoms with Crippen LogP contribution in [0, 0.1) is 0 Å². The number of rotatable bonds is 6. The maximum absolute atomic E-state index is 4.28. The quantitative estimate of drug-likeness (QED) is 0.115. The number of hydrogen-bond acceptors (Lipinski definition) is 2. The van der Waals surface area contributed by atoms with Crippen molar-refractivity contribution in [3.05, 3.63) is 196 Å². The number of allylic oxidation sites excluding steroid dienone is 1. The van der Waals surface area contributed by atoms with Crippen LogP contribution in [0.25, 0.3) is 115 Å². The first-order valence-electron chi connectivity index (χ1n) is 24.0. The van der Waals surface area contributed by atoms with Gasteiger partial charge in [0.2, 0.25) is 0 Å². The third kappa shape index (κ3) is 6.09. The average Bonchev–Trinajstić information content (AvgIpc) is 3.93. The van der Waals surface area contributed by atoms with E-state index in [1.54, 1.807) is 0 Å². The molecule has 0 bridgehead atoms. The lowest BCUT2D eigenvalue weighted by atomic mass is 9.59. The summed E-state index contributed by atoms with van der Waals surface area (Å²) in [6.07, 6.45) is 9.45. The molecular formula is C65H56S2. The van der Waals surface area contributed by atoms with Crippen LogP contribution in [0.3, 0.4) is 0 Å². The van der Waals surface area contributed by atoms with Gasteiger partial charge >= 0.3 is 0 Å². The molecule has 1 aliphatic rings. The Morgan fingerprint density at radius 1 is 0.448 bits per heavy atom. The highest BCUT2D eigenvalue weighted by Gasteiger charge is 2.43. The molecule has 0 amide bonds. The van der Waals surface area contributed by atoms with Gasteiger partial charge in [0.05, 0.1) is 0 Å². The molecule has 328 valence electrons. The molecule has 0 aliphatic heterocycles. The van der Waals surface area contributed by atoms with E-state index in [1.807, 2.05) is 42.6 Å². The molecule has 9 aromatic carbocycles. The topological polar surface area (TPSA) is 0 Å². The second-order valence-electron chi connectivity index (χ2n) is 19.0. The summed E-state index contributed by atoms with van der Waals surface area (Å²) in [5.41, 5.74) is 12.8. The van der Waals surface area contributed by atoms with Crippen molar-refractivity contribution in [3.63, 3.8) is 0 Å². The Labute approximate surface area is 403 Å². The van der Waals surface area contributed by atoms with Crippen molar-refractivity contribution in [3.8, 4) is 22.3 Å². The molecule has 0 unspecified atom stereocenters. The molecule has 67 heavy (non-hydrogen) atoms. The number of aryl methyl sites for hydroxylation is 1. The molecule has 2 heterocycles. The average molecular weight is 901 g/mol. The van der Waals surface area contributed by atoms with E-state index in [4.69, 9.17) is 0 Å². The van der Waals surface area contributed by atoms with E-state index in [0.29, 0.717) is 0 Å². The maximum atomic E-state index is 4.28. The predicted molar refractivity (Wildman–Crippen MR) is 302 cm³/mol. The summed E-state index contributed by atoms with van der Waals surface area (Å²) in [4.78, 5) is 2.47. The van der Waals surface area contributed by atoms with E-state index >= 15 is 0 Å². The first-order valence-corrected chi connectivity index (χ1v) is 25.6. The fourth-order valence-electron chi connectivity index (χ4n) is 11.9. The lowest BCUT2D eigenvalue weighted by molar-refractivity contribution is 0.523. The zero-order chi connectivity index (χ0) is 46.5. The molecule has 1 aliphatic carbocycles. The molecule has 0 saturated heterocycles. The SMILES string of the molecule is C=Cc1sc2c(-c3c4ccccc4c(-c4cccc5c(CC)c(C=C)sc45)c4cc5c(cc34)C(C)(C)c3cc4c6ccccc6c6ccccc6c4cc3C5(C)C)cccc2c1/C=C\C.CC. The Bertz CT molecular complexity index is 3910. The molecule has 0 radical (unpaired) electrons. The van der Waals surface area contributed by atoms with E-state index in [-0.39, 0.29) is 10.8 Å². The van der Waals surface area contributed by atoms with Gasteiger partial charge in [-0.05, 0) is 141 Å². The molecule has 0 atom stereocenters. The van der Waals surface area contributed by atoms with Crippen LogP contribution >= 0.6 is 22.7 Å². The summed E-state index contributed by atoms with van der Waals surface area (Å²) in [6, 6.07) is 51.4. The highest BCUT2D eigenvalue weighted by molar-refractivity contribution is 7.21. The first kappa shape index (κ1) is 43.0. The molecule has 2 aromatic heterocycles. The lowest BCUT2D eigenvalue weighted by Crippen LogP contribution is -2.36. The van der Waals surface area contributed by atoms with E-state index in [0.717, 1.165) is 6.42 Å². The minimum Gasteiger partial charge on any atom is -0.135 e. The van der Waals surface area contributed by atoms with Gasteiger partial charge in [0.15, 0.2) is 0 Å². The van der Waals surface area contributed by atoms with Crippen LogP contribution in [-0.4, -0.2) is 0 Å². The maximum Gasteiger partial charge on any atom is 0.0434 e. The van der Waals surface area contributed by atoms with Crippen LogP contribution in [-0.2, 0) is 17.3 Å². The summed E-state index contributed by atoms with van der Waals surface area (Å²) >= 11 is 3.75. The molecule has 0 N–H and O–H groups in total. The van der Waals surface area contributed by atoms with Crippen molar-refractivity contribution in [2.45, 2.75) is 72.6 Å². The molecule has 0 saturated carbocycles. The Balaban J connectivity index is 0.00000244. The van der Waals surface area contributed by atoms with Crippen LogP contribution < -0.4 is 0 Å². The van der Waals surface area contributed by atoms with E-state index in [2.05, 4.69) is 206 Å². The zero-order valence-electron chi connectivity index (χ0n) is 39.9. The molecule has 12 rings (SSSR count). The first-order chi connectivity index (χ1) is 32.6. The Morgan fingerprint density at radius 2 is 0.821 bits per heavy atom. The highest BCUT2D eigenvalue weighted by atomic mass is 32.1. The lowest BCUT2D eigenvalue weighted by Gasteiger charge is -2.44. The highest BCUT2D eigenvalue weighted by Crippen LogP contribution is 2.56. The summed E-state index contributed by atoms with van der Waals surface area (Å²) in [5, 5.41) is 15.7. The largest absolute Gasteiger partial charge is 0.135 e. The second-order valence-corrected chi connectivity index (χ2v) is 21.1. The number of fused-ring (bicyclic) bond motifs is 12. The van der Waals surface area contributed by atoms with Crippen molar-refractivity contribution >= 4 is 115 Å². The summed E-state index contributed by atoms with van der Waals surface area (Å²) in [7, 11) is 0. The van der Waals surface area contributed by atoms with Gasteiger partial charge in [-0.3, -0.25) is 0 Å². The smallest absolute Gasteiger partial charge is 0.0434 e. The molecule has 0 nitrogen and oxygen atoms in total. The molecule has 0 fully saturated rings. The molecule has 0 spiro atoms. The van der Waals surface area contributed by atoms with Crippen molar-refractivity contribution in [1.82, 2.24) is 0 Å². The predicted octanol–water partition coefficient (Wildman–Crippen LogP) is 20.1. The Hall–Kier alpha value is -6.58. The van der Waals surface area contributed by atoms with Crippen molar-refractivity contribution in [2.24, 2.45) is 0 Å². The molecule has 2 heteroatoms. The van der Waals surface area contributed by atoms with E-state index in [9.17, 15) is 0 Å².